The Balaban J connectivity index is 1.16. The van der Waals surface area contributed by atoms with Gasteiger partial charge in [0.2, 0.25) is 0 Å². The maximum atomic E-state index is 12.5. The molecule has 0 aromatic rings. The Labute approximate surface area is 260 Å². The first-order chi connectivity index (χ1) is 20.8. The second-order valence-corrected chi connectivity index (χ2v) is 14.9. The van der Waals surface area contributed by atoms with Gasteiger partial charge in [0, 0.05) is 32.4 Å². The summed E-state index contributed by atoms with van der Waals surface area (Å²) in [4.78, 5) is 35.7. The van der Waals surface area contributed by atoms with Crippen molar-refractivity contribution in [2.75, 3.05) is 13.7 Å². The first kappa shape index (κ1) is 32.0. The van der Waals surface area contributed by atoms with E-state index in [1.54, 1.807) is 6.08 Å². The summed E-state index contributed by atoms with van der Waals surface area (Å²) < 4.78 is 34.9. The van der Waals surface area contributed by atoms with Gasteiger partial charge in [-0.1, -0.05) is 13.8 Å². The predicted molar refractivity (Wildman–Crippen MR) is 157 cm³/mol. The van der Waals surface area contributed by atoms with Crippen LogP contribution < -0.4 is 0 Å². The minimum atomic E-state index is -0.877. The van der Waals surface area contributed by atoms with Crippen LogP contribution in [0.4, 0.5) is 0 Å². The van der Waals surface area contributed by atoms with Gasteiger partial charge in [0.25, 0.3) is 0 Å². The van der Waals surface area contributed by atoms with Crippen molar-refractivity contribution in [1.29, 1.82) is 0 Å². The molecule has 10 nitrogen and oxygen atoms in total. The maximum absolute atomic E-state index is 12.5. The standard InChI is InChI=1S/C34H50O10/c1-18-28(42-19(2)35)29(39-6)30(43-20(3)36)31(41-18)44-23-9-12-32(4)22(16-23)7-8-26-25(32)10-13-33(5)24(11-14-34(26,33)38)21-15-27(37)40-17-21/h15,18,22-26,28-31,38H,7-14,16-17H2,1-6H3/t18-,22+,23-,24+,25-,26+,28-,29-,30-,31-,32-,33+,34+/m0/s1. The molecule has 246 valence electrons. The second-order valence-electron chi connectivity index (χ2n) is 14.9. The van der Waals surface area contributed by atoms with E-state index in [9.17, 15) is 19.5 Å². The number of hydrogen-bond acceptors (Lipinski definition) is 10. The lowest BCUT2D eigenvalue weighted by Gasteiger charge is -2.64. The maximum Gasteiger partial charge on any atom is 0.331 e. The molecule has 2 heterocycles. The highest BCUT2D eigenvalue weighted by molar-refractivity contribution is 5.85. The van der Waals surface area contributed by atoms with Gasteiger partial charge in [-0.25, -0.2) is 4.79 Å². The van der Waals surface area contributed by atoms with Gasteiger partial charge in [-0.2, -0.15) is 0 Å². The first-order valence-corrected chi connectivity index (χ1v) is 16.6. The van der Waals surface area contributed by atoms with E-state index < -0.39 is 48.2 Å². The highest BCUT2D eigenvalue weighted by Gasteiger charge is 2.68. The van der Waals surface area contributed by atoms with Crippen LogP contribution in [0, 0.1) is 34.5 Å². The zero-order chi connectivity index (χ0) is 31.6. The molecule has 4 aliphatic carbocycles. The fourth-order valence-electron chi connectivity index (χ4n) is 10.7. The van der Waals surface area contributed by atoms with E-state index in [-0.39, 0.29) is 34.7 Å². The van der Waals surface area contributed by atoms with Crippen LogP contribution in [0.15, 0.2) is 11.6 Å². The van der Waals surface area contributed by atoms with Gasteiger partial charge in [0.05, 0.1) is 17.8 Å². The molecular formula is C34H50O10. The molecule has 0 radical (unpaired) electrons. The minimum absolute atomic E-state index is 0.0812. The second kappa shape index (κ2) is 11.7. The molecule has 0 amide bonds. The predicted octanol–water partition coefficient (Wildman–Crippen LogP) is 4.25. The van der Waals surface area contributed by atoms with Crippen molar-refractivity contribution in [3.05, 3.63) is 11.6 Å². The van der Waals surface area contributed by atoms with Crippen molar-refractivity contribution >= 4 is 17.9 Å². The van der Waals surface area contributed by atoms with Crippen molar-refractivity contribution in [3.8, 4) is 0 Å². The fourth-order valence-corrected chi connectivity index (χ4v) is 10.7. The van der Waals surface area contributed by atoms with E-state index in [0.717, 1.165) is 63.4 Å². The molecule has 1 N–H and O–H groups in total. The molecule has 4 saturated carbocycles. The molecule has 0 unspecified atom stereocenters. The third kappa shape index (κ3) is 5.12. The summed E-state index contributed by atoms with van der Waals surface area (Å²) in [6.45, 7) is 9.52. The van der Waals surface area contributed by atoms with Gasteiger partial charge in [0.15, 0.2) is 18.5 Å². The van der Waals surface area contributed by atoms with Crippen LogP contribution in [-0.4, -0.2) is 79.1 Å². The van der Waals surface area contributed by atoms with Crippen LogP contribution in [0.1, 0.15) is 92.4 Å². The molecule has 5 fully saturated rings. The number of ether oxygens (including phenoxy) is 6. The number of rotatable bonds is 6. The number of esters is 3. The highest BCUT2D eigenvalue weighted by Crippen LogP contribution is 2.70. The lowest BCUT2D eigenvalue weighted by Crippen LogP contribution is -2.63. The Morgan fingerprint density at radius 1 is 0.932 bits per heavy atom. The number of carbonyl (C=O) groups excluding carboxylic acids is 3. The van der Waals surface area contributed by atoms with Crippen LogP contribution in [0.25, 0.3) is 0 Å². The van der Waals surface area contributed by atoms with Crippen LogP contribution >= 0.6 is 0 Å². The van der Waals surface area contributed by atoms with E-state index in [2.05, 4.69) is 13.8 Å². The summed E-state index contributed by atoms with van der Waals surface area (Å²) in [5.74, 6) is 0.0897. The molecule has 0 aromatic heterocycles. The van der Waals surface area contributed by atoms with Gasteiger partial charge < -0.3 is 33.5 Å². The fraction of sp³-hybridized carbons (Fsp3) is 0.853. The number of cyclic esters (lactones) is 1. The molecule has 0 spiro atoms. The van der Waals surface area contributed by atoms with Crippen LogP contribution in [0.3, 0.4) is 0 Å². The molecule has 13 atom stereocenters. The quantitative estimate of drug-likeness (QED) is 0.262. The summed E-state index contributed by atoms with van der Waals surface area (Å²) in [5.41, 5.74) is 0.159. The van der Waals surface area contributed by atoms with E-state index in [1.807, 2.05) is 6.92 Å². The number of hydrogen-bond donors (Lipinski definition) is 1. The molecule has 44 heavy (non-hydrogen) atoms. The van der Waals surface area contributed by atoms with Crippen molar-refractivity contribution in [1.82, 2.24) is 0 Å². The van der Waals surface area contributed by atoms with E-state index in [1.165, 1.54) is 21.0 Å². The Morgan fingerprint density at radius 3 is 2.32 bits per heavy atom. The Bertz CT molecular complexity index is 1180. The molecule has 0 bridgehead atoms. The zero-order valence-corrected chi connectivity index (χ0v) is 27.0. The van der Waals surface area contributed by atoms with Gasteiger partial charge in [-0.05, 0) is 99.4 Å². The molecule has 10 heteroatoms. The Hall–Kier alpha value is -2.01. The normalized spacial score (nSPS) is 48.3. The SMILES string of the molecule is CO[C@@H]1[C@H](OC(C)=O)[C@H](O[C@H]2CC[C@@]3(C)[C@H](CC[C@@H]4[C@@H]3CC[C@]3(C)[C@@H](C5=CC(=O)OC5)CC[C@@]43O)C2)O[C@@H](C)[C@@H]1OC(C)=O. The van der Waals surface area contributed by atoms with Crippen LogP contribution in [0.2, 0.25) is 0 Å². The monoisotopic (exact) mass is 618 g/mol. The molecule has 6 aliphatic rings. The Morgan fingerprint density at radius 2 is 1.66 bits per heavy atom. The summed E-state index contributed by atoms with van der Waals surface area (Å²) in [5, 5.41) is 12.5. The number of fused-ring (bicyclic) bond motifs is 5. The van der Waals surface area contributed by atoms with Crippen molar-refractivity contribution in [3.63, 3.8) is 0 Å². The average molecular weight is 619 g/mol. The van der Waals surface area contributed by atoms with Crippen molar-refractivity contribution in [2.24, 2.45) is 34.5 Å². The van der Waals surface area contributed by atoms with Gasteiger partial charge >= 0.3 is 17.9 Å². The topological polar surface area (TPSA) is 127 Å². The minimum Gasteiger partial charge on any atom is -0.458 e. The summed E-state index contributed by atoms with van der Waals surface area (Å²) in [7, 11) is 1.50. The summed E-state index contributed by atoms with van der Waals surface area (Å²) >= 11 is 0. The zero-order valence-electron chi connectivity index (χ0n) is 27.0. The third-order valence-electron chi connectivity index (χ3n) is 12.9. The molecule has 0 aromatic carbocycles. The lowest BCUT2D eigenvalue weighted by molar-refractivity contribution is -0.317. The van der Waals surface area contributed by atoms with Crippen LogP contribution in [-0.2, 0) is 42.8 Å². The molecule has 1 saturated heterocycles. The summed E-state index contributed by atoms with van der Waals surface area (Å²) in [6, 6.07) is 0. The van der Waals surface area contributed by atoms with Crippen molar-refractivity contribution < 1.29 is 47.9 Å². The van der Waals surface area contributed by atoms with E-state index in [4.69, 9.17) is 28.4 Å². The van der Waals surface area contributed by atoms with Crippen LogP contribution in [0.5, 0.6) is 0 Å². The number of aliphatic hydroxyl groups is 1. The number of carbonyl (C=O) groups is 3. The van der Waals surface area contributed by atoms with Crippen molar-refractivity contribution in [2.45, 2.75) is 135 Å². The summed E-state index contributed by atoms with van der Waals surface area (Å²) in [6.07, 6.45) is 6.29. The Kier molecular flexibility index (Phi) is 8.46. The van der Waals surface area contributed by atoms with Gasteiger partial charge in [0.1, 0.15) is 12.7 Å². The lowest BCUT2D eigenvalue weighted by atomic mass is 9.43. The smallest absolute Gasteiger partial charge is 0.331 e. The van der Waals surface area contributed by atoms with Gasteiger partial charge in [-0.3, -0.25) is 9.59 Å². The molecular weight excluding hydrogens is 568 g/mol. The molecule has 2 aliphatic heterocycles. The van der Waals surface area contributed by atoms with Gasteiger partial charge in [-0.15, -0.1) is 0 Å². The largest absolute Gasteiger partial charge is 0.458 e. The average Bonchev–Trinajstić information content (AvgIpc) is 3.50. The third-order valence-corrected chi connectivity index (χ3v) is 12.9. The van der Waals surface area contributed by atoms with E-state index >= 15 is 0 Å². The first-order valence-electron chi connectivity index (χ1n) is 16.6. The number of methoxy groups -OCH3 is 1. The van der Waals surface area contributed by atoms with E-state index in [0.29, 0.717) is 18.4 Å². The molecule has 6 rings (SSSR count). The highest BCUT2D eigenvalue weighted by atomic mass is 16.7.